The zero-order valence-electron chi connectivity index (χ0n) is 15.5. The van der Waals surface area contributed by atoms with Crippen molar-refractivity contribution in [2.75, 3.05) is 0 Å². The van der Waals surface area contributed by atoms with Crippen LogP contribution in [0.4, 0.5) is 4.39 Å². The average Bonchev–Trinajstić information content (AvgIpc) is 3.26. The van der Waals surface area contributed by atoms with E-state index in [-0.39, 0.29) is 23.8 Å². The molecule has 7 nitrogen and oxygen atoms in total. The highest BCUT2D eigenvalue weighted by molar-refractivity contribution is 5.83. The maximum atomic E-state index is 13.3. The number of aromatic nitrogens is 3. The zero-order chi connectivity index (χ0) is 19.8. The maximum absolute atomic E-state index is 13.3. The highest BCUT2D eigenvalue weighted by Gasteiger charge is 2.23. The number of halogens is 1. The molecule has 3 aromatic heterocycles. The summed E-state index contributed by atoms with van der Waals surface area (Å²) in [4.78, 5) is 25.7. The SMILES string of the molecule is CC[C@@H](C(=O)NCc1cccc(F)c1)n1nc(C)n2c(cc3occc32)c1=O. The normalized spacial score (nSPS) is 12.5. The number of nitrogens with zero attached hydrogens (tertiary/aromatic N) is 3. The smallest absolute Gasteiger partial charge is 0.291 e. The van der Waals surface area contributed by atoms with E-state index in [0.717, 1.165) is 5.52 Å². The number of benzene rings is 1. The van der Waals surface area contributed by atoms with Gasteiger partial charge < -0.3 is 9.73 Å². The largest absolute Gasteiger partial charge is 0.463 e. The van der Waals surface area contributed by atoms with Gasteiger partial charge in [0.25, 0.3) is 5.56 Å². The molecule has 4 aromatic rings. The van der Waals surface area contributed by atoms with Crippen LogP contribution in [0.2, 0.25) is 0 Å². The molecule has 8 heteroatoms. The Labute approximate surface area is 159 Å². The Morgan fingerprint density at radius 2 is 2.11 bits per heavy atom. The van der Waals surface area contributed by atoms with Crippen LogP contribution in [-0.2, 0) is 11.3 Å². The van der Waals surface area contributed by atoms with Gasteiger partial charge >= 0.3 is 0 Å². The van der Waals surface area contributed by atoms with E-state index in [1.807, 2.05) is 6.92 Å². The number of carbonyl (C=O) groups excluding carboxylic acids is 1. The minimum Gasteiger partial charge on any atom is -0.463 e. The van der Waals surface area contributed by atoms with Gasteiger partial charge in [0.2, 0.25) is 5.91 Å². The van der Waals surface area contributed by atoms with E-state index in [1.165, 1.54) is 16.8 Å². The van der Waals surface area contributed by atoms with Crippen molar-refractivity contribution in [1.82, 2.24) is 19.5 Å². The van der Waals surface area contributed by atoms with Crippen molar-refractivity contribution in [1.29, 1.82) is 0 Å². The number of furan rings is 1. The van der Waals surface area contributed by atoms with E-state index < -0.39 is 6.04 Å². The third-order valence-electron chi connectivity index (χ3n) is 4.77. The standard InChI is InChI=1S/C20H19FN4O3/c1-3-15(19(26)22-11-13-5-4-6-14(21)9-13)25-20(27)17-10-18-16(7-8-28-18)24(17)12(2)23-25/h4-10,15H,3,11H2,1-2H3,(H,22,26)/t15-/m0/s1. The van der Waals surface area contributed by atoms with Gasteiger partial charge in [0, 0.05) is 18.7 Å². The van der Waals surface area contributed by atoms with Crippen molar-refractivity contribution in [3.63, 3.8) is 0 Å². The first-order valence-electron chi connectivity index (χ1n) is 9.00. The molecule has 0 saturated heterocycles. The molecule has 4 rings (SSSR count). The minimum absolute atomic E-state index is 0.168. The number of nitrogens with one attached hydrogen (secondary N) is 1. The molecule has 1 N–H and O–H groups in total. The van der Waals surface area contributed by atoms with Crippen LogP contribution in [0.25, 0.3) is 16.6 Å². The van der Waals surface area contributed by atoms with Crippen LogP contribution in [0.3, 0.4) is 0 Å². The summed E-state index contributed by atoms with van der Waals surface area (Å²) in [7, 11) is 0. The fourth-order valence-electron chi connectivity index (χ4n) is 3.43. The Morgan fingerprint density at radius 1 is 1.29 bits per heavy atom. The predicted molar refractivity (Wildman–Crippen MR) is 102 cm³/mol. The molecule has 0 bridgehead atoms. The summed E-state index contributed by atoms with van der Waals surface area (Å²) in [6, 6.07) is 8.66. The second-order valence-electron chi connectivity index (χ2n) is 6.60. The van der Waals surface area contributed by atoms with E-state index in [0.29, 0.717) is 28.9 Å². The monoisotopic (exact) mass is 382 g/mol. The molecular weight excluding hydrogens is 363 g/mol. The van der Waals surface area contributed by atoms with Crippen molar-refractivity contribution in [3.8, 4) is 0 Å². The summed E-state index contributed by atoms with van der Waals surface area (Å²) in [5.74, 6) is -0.141. The Kier molecular flexibility index (Phi) is 4.46. The first-order chi connectivity index (χ1) is 13.5. The van der Waals surface area contributed by atoms with Crippen molar-refractivity contribution in [2.24, 2.45) is 0 Å². The predicted octanol–water partition coefficient (Wildman–Crippen LogP) is 2.96. The number of rotatable bonds is 5. The van der Waals surface area contributed by atoms with Gasteiger partial charge in [-0.3, -0.25) is 14.0 Å². The second kappa shape index (κ2) is 6.95. The highest BCUT2D eigenvalue weighted by Crippen LogP contribution is 2.21. The molecule has 0 radical (unpaired) electrons. The number of hydrogen-bond donors (Lipinski definition) is 1. The summed E-state index contributed by atoms with van der Waals surface area (Å²) in [5.41, 5.74) is 2.02. The number of hydrogen-bond acceptors (Lipinski definition) is 4. The van der Waals surface area contributed by atoms with Crippen molar-refractivity contribution in [3.05, 3.63) is 70.2 Å². The number of fused-ring (bicyclic) bond motifs is 3. The number of amides is 1. The van der Waals surface area contributed by atoms with Gasteiger partial charge in [0.1, 0.15) is 23.2 Å². The summed E-state index contributed by atoms with van der Waals surface area (Å²) >= 11 is 0. The van der Waals surface area contributed by atoms with Gasteiger partial charge in [-0.2, -0.15) is 5.10 Å². The van der Waals surface area contributed by atoms with Crippen LogP contribution in [0, 0.1) is 12.7 Å². The molecule has 0 aliphatic heterocycles. The van der Waals surface area contributed by atoms with E-state index in [2.05, 4.69) is 10.4 Å². The highest BCUT2D eigenvalue weighted by atomic mass is 19.1. The third kappa shape index (κ3) is 2.96. The summed E-state index contributed by atoms with van der Waals surface area (Å²) in [5, 5.41) is 7.13. The van der Waals surface area contributed by atoms with Crippen LogP contribution >= 0.6 is 0 Å². The van der Waals surface area contributed by atoms with Crippen molar-refractivity contribution < 1.29 is 13.6 Å². The van der Waals surface area contributed by atoms with Crippen LogP contribution in [-0.4, -0.2) is 20.1 Å². The topological polar surface area (TPSA) is 81.5 Å². The van der Waals surface area contributed by atoms with Crippen LogP contribution < -0.4 is 10.9 Å². The lowest BCUT2D eigenvalue weighted by atomic mass is 10.2. The Bertz CT molecular complexity index is 1240. The maximum Gasteiger partial charge on any atom is 0.291 e. The fraction of sp³-hybridized carbons (Fsp3) is 0.250. The molecule has 144 valence electrons. The molecule has 0 saturated carbocycles. The molecule has 3 heterocycles. The van der Waals surface area contributed by atoms with E-state index in [1.54, 1.807) is 41.9 Å². The molecule has 0 unspecified atom stereocenters. The first-order valence-corrected chi connectivity index (χ1v) is 9.00. The zero-order valence-corrected chi connectivity index (χ0v) is 15.5. The van der Waals surface area contributed by atoms with Crippen LogP contribution in [0.5, 0.6) is 0 Å². The minimum atomic E-state index is -0.772. The Hall–Kier alpha value is -3.42. The van der Waals surface area contributed by atoms with Crippen LogP contribution in [0.15, 0.2) is 51.9 Å². The lowest BCUT2D eigenvalue weighted by Gasteiger charge is -2.18. The number of aryl methyl sites for hydroxylation is 1. The molecule has 0 aliphatic rings. The molecule has 28 heavy (non-hydrogen) atoms. The molecule has 1 amide bonds. The summed E-state index contributed by atoms with van der Waals surface area (Å²) < 4.78 is 21.6. The molecule has 0 fully saturated rings. The lowest BCUT2D eigenvalue weighted by molar-refractivity contribution is -0.125. The molecule has 0 aliphatic carbocycles. The lowest BCUT2D eigenvalue weighted by Crippen LogP contribution is -2.39. The van der Waals surface area contributed by atoms with Gasteiger partial charge in [0.05, 0.1) is 11.8 Å². The third-order valence-corrected chi connectivity index (χ3v) is 4.77. The molecule has 1 aromatic carbocycles. The van der Waals surface area contributed by atoms with E-state index in [9.17, 15) is 14.0 Å². The van der Waals surface area contributed by atoms with Crippen molar-refractivity contribution >= 4 is 22.5 Å². The van der Waals surface area contributed by atoms with Crippen LogP contribution in [0.1, 0.15) is 30.8 Å². The van der Waals surface area contributed by atoms with Gasteiger partial charge in [-0.1, -0.05) is 19.1 Å². The molecule has 0 spiro atoms. The summed E-state index contributed by atoms with van der Waals surface area (Å²) in [6.45, 7) is 3.75. The number of carbonyl (C=O) groups is 1. The first kappa shape index (κ1) is 18.0. The van der Waals surface area contributed by atoms with Gasteiger partial charge in [-0.25, -0.2) is 9.07 Å². The molecular formula is C20H19FN4O3. The van der Waals surface area contributed by atoms with Crippen molar-refractivity contribution in [2.45, 2.75) is 32.9 Å². The fourth-order valence-corrected chi connectivity index (χ4v) is 3.43. The van der Waals surface area contributed by atoms with E-state index >= 15 is 0 Å². The Morgan fingerprint density at radius 3 is 2.86 bits per heavy atom. The molecule has 1 atom stereocenters. The second-order valence-corrected chi connectivity index (χ2v) is 6.60. The van der Waals surface area contributed by atoms with Gasteiger partial charge in [-0.15, -0.1) is 0 Å². The van der Waals surface area contributed by atoms with E-state index in [4.69, 9.17) is 4.42 Å². The van der Waals surface area contributed by atoms with Gasteiger partial charge in [0.15, 0.2) is 5.58 Å². The quantitative estimate of drug-likeness (QED) is 0.575. The van der Waals surface area contributed by atoms with Gasteiger partial charge in [-0.05, 0) is 31.0 Å². The average molecular weight is 382 g/mol. The Balaban J connectivity index is 1.67. The summed E-state index contributed by atoms with van der Waals surface area (Å²) in [6.07, 6.45) is 1.94.